The predicted molar refractivity (Wildman–Crippen MR) is 63.1 cm³/mol. The third-order valence-corrected chi connectivity index (χ3v) is 2.97. The van der Waals surface area contributed by atoms with Crippen molar-refractivity contribution in [3.8, 4) is 0 Å². The largest absolute Gasteiger partial charge is 0.460 e. The van der Waals surface area contributed by atoms with Crippen LogP contribution in [0, 0.1) is 0 Å². The van der Waals surface area contributed by atoms with Gasteiger partial charge < -0.3 is 15.8 Å². The van der Waals surface area contributed by atoms with Crippen LogP contribution in [0.3, 0.4) is 0 Å². The standard InChI is InChI=1S/C6H11F3N2O.C5H11N/c7-6(8,9)11-1-2-12-5(3-10)4-11;1-2-4-6-5-3-1/h5H,1-4,10H2;6H,1-5H2. The molecule has 0 spiro atoms. The molecule has 2 aliphatic rings. The van der Waals surface area contributed by atoms with E-state index in [0.29, 0.717) is 4.90 Å². The molecule has 18 heavy (non-hydrogen) atoms. The van der Waals surface area contributed by atoms with Crippen LogP contribution in [0.1, 0.15) is 19.3 Å². The van der Waals surface area contributed by atoms with Crippen LogP contribution >= 0.6 is 0 Å². The summed E-state index contributed by atoms with van der Waals surface area (Å²) < 4.78 is 41.2. The van der Waals surface area contributed by atoms with Gasteiger partial charge in [0.05, 0.1) is 12.7 Å². The maximum atomic E-state index is 12.1. The highest BCUT2D eigenvalue weighted by Gasteiger charge is 2.39. The number of piperidine rings is 1. The summed E-state index contributed by atoms with van der Waals surface area (Å²) in [5, 5.41) is 3.28. The lowest BCUT2D eigenvalue weighted by Crippen LogP contribution is -2.51. The van der Waals surface area contributed by atoms with Crippen molar-refractivity contribution in [2.45, 2.75) is 31.7 Å². The van der Waals surface area contributed by atoms with Crippen LogP contribution in [-0.4, -0.2) is 56.6 Å². The molecule has 1 unspecified atom stereocenters. The van der Waals surface area contributed by atoms with E-state index < -0.39 is 12.4 Å². The summed E-state index contributed by atoms with van der Waals surface area (Å²) in [4.78, 5) is 0.425. The van der Waals surface area contributed by atoms with E-state index in [1.54, 1.807) is 0 Å². The molecule has 0 aromatic carbocycles. The Hall–Kier alpha value is -0.370. The Bertz CT molecular complexity index is 211. The first-order valence-electron chi connectivity index (χ1n) is 6.38. The Morgan fingerprint density at radius 2 is 1.89 bits per heavy atom. The lowest BCUT2D eigenvalue weighted by Gasteiger charge is -2.33. The number of morpholine rings is 1. The first kappa shape index (κ1) is 15.7. The van der Waals surface area contributed by atoms with Crippen LogP contribution in [0.25, 0.3) is 0 Å². The van der Waals surface area contributed by atoms with Crippen LogP contribution in [0.2, 0.25) is 0 Å². The van der Waals surface area contributed by atoms with E-state index in [-0.39, 0.29) is 26.2 Å². The van der Waals surface area contributed by atoms with Gasteiger partial charge in [-0.25, -0.2) is 4.90 Å². The molecule has 2 heterocycles. The van der Waals surface area contributed by atoms with Crippen molar-refractivity contribution in [2.24, 2.45) is 5.73 Å². The minimum absolute atomic E-state index is 0.0972. The number of halogens is 3. The molecule has 4 nitrogen and oxygen atoms in total. The van der Waals surface area contributed by atoms with Gasteiger partial charge in [-0.2, -0.15) is 13.2 Å². The number of rotatable bonds is 1. The highest BCUT2D eigenvalue weighted by atomic mass is 19.4. The van der Waals surface area contributed by atoms with E-state index >= 15 is 0 Å². The summed E-state index contributed by atoms with van der Waals surface area (Å²) in [6.07, 6.45) is -0.523. The molecule has 0 bridgehead atoms. The van der Waals surface area contributed by atoms with E-state index in [1.807, 2.05) is 0 Å². The second-order valence-corrected chi connectivity index (χ2v) is 4.45. The average molecular weight is 269 g/mol. The minimum Gasteiger partial charge on any atom is -0.374 e. The van der Waals surface area contributed by atoms with E-state index in [2.05, 4.69) is 5.32 Å². The monoisotopic (exact) mass is 269 g/mol. The zero-order valence-electron chi connectivity index (χ0n) is 10.5. The van der Waals surface area contributed by atoms with Crippen molar-refractivity contribution in [1.29, 1.82) is 0 Å². The van der Waals surface area contributed by atoms with Gasteiger partial charge >= 0.3 is 6.30 Å². The summed E-state index contributed by atoms with van der Waals surface area (Å²) >= 11 is 0. The maximum Gasteiger partial charge on any atom is 0.460 e. The molecular formula is C11H22F3N3O. The lowest BCUT2D eigenvalue weighted by atomic mass is 10.2. The quantitative estimate of drug-likeness (QED) is 0.695. The van der Waals surface area contributed by atoms with E-state index in [0.717, 1.165) is 0 Å². The van der Waals surface area contributed by atoms with Gasteiger partial charge in [-0.1, -0.05) is 6.42 Å². The molecule has 2 saturated heterocycles. The zero-order chi connectivity index (χ0) is 13.4. The van der Waals surface area contributed by atoms with Crippen molar-refractivity contribution in [1.82, 2.24) is 10.2 Å². The zero-order valence-corrected chi connectivity index (χ0v) is 10.5. The Labute approximate surface area is 106 Å². The van der Waals surface area contributed by atoms with Crippen LogP contribution < -0.4 is 11.1 Å². The van der Waals surface area contributed by atoms with Crippen LogP contribution in [-0.2, 0) is 4.74 Å². The summed E-state index contributed by atoms with van der Waals surface area (Å²) in [6, 6.07) is 0. The van der Waals surface area contributed by atoms with Crippen molar-refractivity contribution in [3.05, 3.63) is 0 Å². The summed E-state index contributed by atoms with van der Waals surface area (Å²) in [7, 11) is 0. The van der Waals surface area contributed by atoms with Gasteiger partial charge in [0.15, 0.2) is 0 Å². The topological polar surface area (TPSA) is 50.5 Å². The van der Waals surface area contributed by atoms with Crippen LogP contribution in [0.15, 0.2) is 0 Å². The molecule has 2 fully saturated rings. The second-order valence-electron chi connectivity index (χ2n) is 4.45. The molecule has 0 aliphatic carbocycles. The average Bonchev–Trinajstić information content (AvgIpc) is 2.40. The third kappa shape index (κ3) is 5.99. The summed E-state index contributed by atoms with van der Waals surface area (Å²) in [6.45, 7) is 2.48. The van der Waals surface area contributed by atoms with Gasteiger partial charge in [-0.3, -0.25) is 0 Å². The van der Waals surface area contributed by atoms with E-state index in [4.69, 9.17) is 10.5 Å². The Morgan fingerprint density at radius 1 is 1.22 bits per heavy atom. The molecule has 0 aromatic rings. The molecule has 0 radical (unpaired) electrons. The Balaban J connectivity index is 0.000000225. The van der Waals surface area contributed by atoms with Gasteiger partial charge in [-0.05, 0) is 25.9 Å². The molecule has 0 aromatic heterocycles. The minimum atomic E-state index is -4.25. The first-order valence-corrected chi connectivity index (χ1v) is 6.38. The molecule has 3 N–H and O–H groups in total. The smallest absolute Gasteiger partial charge is 0.374 e. The van der Waals surface area contributed by atoms with Crippen LogP contribution in [0.5, 0.6) is 0 Å². The third-order valence-electron chi connectivity index (χ3n) is 2.97. The van der Waals surface area contributed by atoms with Gasteiger partial charge in [0.25, 0.3) is 0 Å². The maximum absolute atomic E-state index is 12.1. The summed E-state index contributed by atoms with van der Waals surface area (Å²) in [5.74, 6) is 0. The fourth-order valence-corrected chi connectivity index (χ4v) is 1.89. The lowest BCUT2D eigenvalue weighted by molar-refractivity contribution is -0.266. The number of nitrogens with zero attached hydrogens (tertiary/aromatic N) is 1. The van der Waals surface area contributed by atoms with Crippen LogP contribution in [0.4, 0.5) is 13.2 Å². The number of nitrogens with two attached hydrogens (primary N) is 1. The summed E-state index contributed by atoms with van der Waals surface area (Å²) in [5.41, 5.74) is 5.19. The predicted octanol–water partition coefficient (Wildman–Crippen LogP) is 0.926. The van der Waals surface area contributed by atoms with E-state index in [1.165, 1.54) is 32.4 Å². The molecule has 0 amide bonds. The Kier molecular flexibility index (Phi) is 6.91. The fraction of sp³-hybridized carbons (Fsp3) is 1.00. The van der Waals surface area contributed by atoms with Gasteiger partial charge in [0, 0.05) is 19.6 Å². The van der Waals surface area contributed by atoms with E-state index in [9.17, 15) is 13.2 Å². The number of hydrogen-bond acceptors (Lipinski definition) is 4. The van der Waals surface area contributed by atoms with Gasteiger partial charge in [0.2, 0.25) is 0 Å². The number of alkyl halides is 3. The molecule has 108 valence electrons. The van der Waals surface area contributed by atoms with Crippen molar-refractivity contribution >= 4 is 0 Å². The molecule has 7 heteroatoms. The highest BCUT2D eigenvalue weighted by Crippen LogP contribution is 2.23. The fourth-order valence-electron chi connectivity index (χ4n) is 1.89. The van der Waals surface area contributed by atoms with Crippen molar-refractivity contribution in [3.63, 3.8) is 0 Å². The van der Waals surface area contributed by atoms with Gasteiger partial charge in [-0.15, -0.1) is 0 Å². The SMILES string of the molecule is C1CCNCC1.NCC1CN(C(F)(F)F)CCO1. The number of nitrogens with one attached hydrogen (secondary N) is 1. The number of hydrogen-bond donors (Lipinski definition) is 2. The molecule has 0 saturated carbocycles. The molecule has 2 aliphatic heterocycles. The Morgan fingerprint density at radius 3 is 2.28 bits per heavy atom. The molecule has 1 atom stereocenters. The number of ether oxygens (including phenoxy) is 1. The molecule has 2 rings (SSSR count). The normalized spacial score (nSPS) is 26.3. The van der Waals surface area contributed by atoms with Gasteiger partial charge in [0.1, 0.15) is 0 Å². The second kappa shape index (κ2) is 7.93. The highest BCUT2D eigenvalue weighted by molar-refractivity contribution is 4.73. The first-order chi connectivity index (χ1) is 8.54. The molecular weight excluding hydrogens is 247 g/mol. The van der Waals surface area contributed by atoms with Crippen molar-refractivity contribution in [2.75, 3.05) is 39.3 Å². The van der Waals surface area contributed by atoms with Crippen molar-refractivity contribution < 1.29 is 17.9 Å².